The van der Waals surface area contributed by atoms with Crippen LogP contribution in [0.15, 0.2) is 73.1 Å². The number of piperidine rings is 2. The second-order valence-corrected chi connectivity index (χ2v) is 11.3. The number of rotatable bonds is 4. The van der Waals surface area contributed by atoms with Crippen LogP contribution in [0, 0.1) is 23.2 Å². The molecule has 2 atom stereocenters. The van der Waals surface area contributed by atoms with E-state index in [1.54, 1.807) is 0 Å². The van der Waals surface area contributed by atoms with Gasteiger partial charge >= 0.3 is 0 Å². The minimum Gasteiger partial charge on any atom is -0.339 e. The molecule has 2 aliphatic rings. The molecule has 0 spiro atoms. The summed E-state index contributed by atoms with van der Waals surface area (Å²) in [5.41, 5.74) is 6.36. The normalized spacial score (nSPS) is 20.7. The molecule has 0 radical (unpaired) electrons. The number of likely N-dealkylation sites (tertiary alicyclic amines) is 2. The van der Waals surface area contributed by atoms with Crippen molar-refractivity contribution in [3.8, 4) is 28.5 Å². The van der Waals surface area contributed by atoms with Gasteiger partial charge in [-0.05, 0) is 106 Å². The van der Waals surface area contributed by atoms with Crippen molar-refractivity contribution in [3.63, 3.8) is 0 Å². The molecular weight excluding hydrogens is 482 g/mol. The number of hydrogen-bond donors (Lipinski definition) is 0. The molecule has 1 unspecified atom stereocenters. The van der Waals surface area contributed by atoms with Crippen LogP contribution in [-0.2, 0) is 0 Å². The van der Waals surface area contributed by atoms with E-state index in [1.165, 1.54) is 19.4 Å². The summed E-state index contributed by atoms with van der Waals surface area (Å²) in [6.45, 7) is 5.26. The molecule has 2 fully saturated rings. The van der Waals surface area contributed by atoms with Gasteiger partial charge in [-0.2, -0.15) is 5.26 Å². The van der Waals surface area contributed by atoms with Gasteiger partial charge in [-0.3, -0.25) is 9.20 Å². The Kier molecular flexibility index (Phi) is 6.93. The molecule has 2 saturated heterocycles. The third-order valence-corrected chi connectivity index (χ3v) is 9.02. The number of hydrogen-bond acceptors (Lipinski definition) is 4. The topological polar surface area (TPSA) is 64.6 Å². The first-order valence-corrected chi connectivity index (χ1v) is 14.1. The summed E-state index contributed by atoms with van der Waals surface area (Å²) in [6, 6.07) is 22.5. The first kappa shape index (κ1) is 25.3. The molecule has 4 heterocycles. The van der Waals surface area contributed by atoms with Crippen LogP contribution in [0.2, 0.25) is 0 Å². The highest BCUT2D eigenvalue weighted by molar-refractivity contribution is 5.94. The van der Waals surface area contributed by atoms with Crippen molar-refractivity contribution in [2.45, 2.75) is 38.6 Å². The van der Waals surface area contributed by atoms with Crippen LogP contribution in [0.5, 0.6) is 0 Å². The molecule has 2 aliphatic heterocycles. The van der Waals surface area contributed by atoms with Crippen LogP contribution >= 0.6 is 0 Å². The number of nitrogens with zero attached hydrogens (tertiary/aromatic N) is 5. The third kappa shape index (κ3) is 5.07. The fraction of sp³-hybridized carbons (Fsp3) is 0.364. The molecule has 2 aromatic carbocycles. The Bertz CT molecular complexity index is 1510. The number of benzene rings is 2. The highest BCUT2D eigenvalue weighted by atomic mass is 16.2. The lowest BCUT2D eigenvalue weighted by atomic mass is 9.77. The van der Waals surface area contributed by atoms with Crippen molar-refractivity contribution >= 4 is 11.6 Å². The Morgan fingerprint density at radius 1 is 0.872 bits per heavy atom. The van der Waals surface area contributed by atoms with Gasteiger partial charge in [0.15, 0.2) is 0 Å². The van der Waals surface area contributed by atoms with Gasteiger partial charge in [-0.1, -0.05) is 24.3 Å². The van der Waals surface area contributed by atoms with Crippen LogP contribution in [0.4, 0.5) is 0 Å². The molecule has 0 bridgehead atoms. The second kappa shape index (κ2) is 10.7. The quantitative estimate of drug-likeness (QED) is 0.327. The smallest absolute Gasteiger partial charge is 0.253 e. The molecule has 6 nitrogen and oxygen atoms in total. The van der Waals surface area contributed by atoms with Crippen LogP contribution < -0.4 is 0 Å². The van der Waals surface area contributed by atoms with E-state index in [1.807, 2.05) is 65.7 Å². The van der Waals surface area contributed by atoms with Crippen LogP contribution in [0.1, 0.15) is 48.5 Å². The SMILES string of the molecule is C[C@H]1CC(C2CCN(C(=O)c3ccc(-c4ccc5ncc(-c6ccc(C#N)cc6)n5c4)cc3)CC2)CCN1C. The standard InChI is InChI=1S/C33H35N5O/c1-23-19-29(13-16-36(23)2)26-14-17-37(18-15-26)33(39)28-9-7-25(8-10-28)30-11-12-32-35-21-31(38(32)22-30)27-5-3-24(20-34)4-6-27/h3-12,21-23,26,29H,13-19H2,1-2H3/t23-,29?/m0/s1. The van der Waals surface area contributed by atoms with E-state index in [0.29, 0.717) is 11.6 Å². The predicted molar refractivity (Wildman–Crippen MR) is 154 cm³/mol. The van der Waals surface area contributed by atoms with Crippen molar-refractivity contribution in [2.75, 3.05) is 26.7 Å². The summed E-state index contributed by atoms with van der Waals surface area (Å²) < 4.78 is 2.07. The van der Waals surface area contributed by atoms with E-state index in [-0.39, 0.29) is 5.91 Å². The minimum absolute atomic E-state index is 0.143. The van der Waals surface area contributed by atoms with Crippen LogP contribution in [-0.4, -0.2) is 57.8 Å². The fourth-order valence-electron chi connectivity index (χ4n) is 6.40. The summed E-state index contributed by atoms with van der Waals surface area (Å²) in [5.74, 6) is 1.70. The number of carbonyl (C=O) groups excluding carboxylic acids is 1. The van der Waals surface area contributed by atoms with Gasteiger partial charge < -0.3 is 9.80 Å². The van der Waals surface area contributed by atoms with E-state index in [4.69, 9.17) is 5.26 Å². The van der Waals surface area contributed by atoms with Gasteiger partial charge in [0.25, 0.3) is 5.91 Å². The van der Waals surface area contributed by atoms with E-state index < -0.39 is 0 Å². The zero-order valence-electron chi connectivity index (χ0n) is 22.8. The average Bonchev–Trinajstić information content (AvgIpc) is 3.42. The molecule has 4 aromatic rings. The van der Waals surface area contributed by atoms with Gasteiger partial charge in [0, 0.05) is 36.5 Å². The molecule has 0 aliphatic carbocycles. The minimum atomic E-state index is 0.143. The van der Waals surface area contributed by atoms with E-state index in [2.05, 4.69) is 46.6 Å². The Balaban J connectivity index is 1.14. The molecule has 6 heteroatoms. The third-order valence-electron chi connectivity index (χ3n) is 9.02. The summed E-state index contributed by atoms with van der Waals surface area (Å²) in [5, 5.41) is 9.10. The van der Waals surface area contributed by atoms with Crippen molar-refractivity contribution in [1.82, 2.24) is 19.2 Å². The van der Waals surface area contributed by atoms with E-state index in [0.717, 1.165) is 71.4 Å². The Hall–Kier alpha value is -3.95. The zero-order chi connectivity index (χ0) is 26.9. The molecule has 39 heavy (non-hydrogen) atoms. The van der Waals surface area contributed by atoms with E-state index >= 15 is 0 Å². The molecule has 198 valence electrons. The van der Waals surface area contributed by atoms with Crippen molar-refractivity contribution in [2.24, 2.45) is 11.8 Å². The molecule has 6 rings (SSSR count). The van der Waals surface area contributed by atoms with Gasteiger partial charge in [-0.15, -0.1) is 0 Å². The monoisotopic (exact) mass is 517 g/mol. The predicted octanol–water partition coefficient (Wildman–Crippen LogP) is 6.12. The van der Waals surface area contributed by atoms with Crippen LogP contribution in [0.25, 0.3) is 28.0 Å². The molecule has 0 N–H and O–H groups in total. The fourth-order valence-corrected chi connectivity index (χ4v) is 6.40. The number of carbonyl (C=O) groups is 1. The first-order chi connectivity index (χ1) is 19.0. The largest absolute Gasteiger partial charge is 0.339 e. The summed E-state index contributed by atoms with van der Waals surface area (Å²) in [4.78, 5) is 22.4. The number of amides is 1. The summed E-state index contributed by atoms with van der Waals surface area (Å²) in [6.07, 6.45) is 8.77. The average molecular weight is 518 g/mol. The Morgan fingerprint density at radius 3 is 2.23 bits per heavy atom. The van der Waals surface area contributed by atoms with E-state index in [9.17, 15) is 4.79 Å². The zero-order valence-corrected chi connectivity index (χ0v) is 22.8. The molecule has 2 aromatic heterocycles. The Morgan fingerprint density at radius 2 is 1.54 bits per heavy atom. The highest BCUT2D eigenvalue weighted by Gasteiger charge is 2.32. The number of pyridine rings is 1. The number of fused-ring (bicyclic) bond motifs is 1. The van der Waals surface area contributed by atoms with Gasteiger partial charge in [0.1, 0.15) is 5.65 Å². The number of imidazole rings is 1. The van der Waals surface area contributed by atoms with Gasteiger partial charge in [0.2, 0.25) is 0 Å². The molecule has 0 saturated carbocycles. The second-order valence-electron chi connectivity index (χ2n) is 11.3. The Labute approximate surface area is 230 Å². The summed E-state index contributed by atoms with van der Waals surface area (Å²) in [7, 11) is 2.23. The first-order valence-electron chi connectivity index (χ1n) is 14.1. The molecular formula is C33H35N5O. The number of nitriles is 1. The lowest BCUT2D eigenvalue weighted by Gasteiger charge is -2.42. The van der Waals surface area contributed by atoms with Crippen molar-refractivity contribution in [1.29, 1.82) is 5.26 Å². The lowest BCUT2D eigenvalue weighted by molar-refractivity contribution is 0.0565. The summed E-state index contributed by atoms with van der Waals surface area (Å²) >= 11 is 0. The van der Waals surface area contributed by atoms with Crippen LogP contribution in [0.3, 0.4) is 0 Å². The van der Waals surface area contributed by atoms with Gasteiger partial charge in [0.05, 0.1) is 23.5 Å². The highest BCUT2D eigenvalue weighted by Crippen LogP contribution is 2.35. The lowest BCUT2D eigenvalue weighted by Crippen LogP contribution is -2.44. The molecule has 1 amide bonds. The van der Waals surface area contributed by atoms with Gasteiger partial charge in [-0.25, -0.2) is 4.98 Å². The maximum absolute atomic E-state index is 13.3. The number of aromatic nitrogens is 2. The maximum Gasteiger partial charge on any atom is 0.253 e. The van der Waals surface area contributed by atoms with Crippen molar-refractivity contribution in [3.05, 3.63) is 84.2 Å². The van der Waals surface area contributed by atoms with Crippen molar-refractivity contribution < 1.29 is 4.79 Å². The maximum atomic E-state index is 13.3.